The van der Waals surface area contributed by atoms with Gasteiger partial charge in [-0.15, -0.1) is 0 Å². The molecule has 3 N–H and O–H groups in total. The van der Waals surface area contributed by atoms with E-state index in [4.69, 9.17) is 23.6 Å². The zero-order valence-electron chi connectivity index (χ0n) is 32.4. The molecule has 0 bridgehead atoms. The van der Waals surface area contributed by atoms with Gasteiger partial charge < -0.3 is 24.6 Å². The van der Waals surface area contributed by atoms with Crippen LogP contribution in [0.25, 0.3) is 0 Å². The molecule has 9 nitrogen and oxygen atoms in total. The van der Waals surface area contributed by atoms with E-state index in [0.717, 1.165) is 44.9 Å². The maximum atomic E-state index is 12.6. The summed E-state index contributed by atoms with van der Waals surface area (Å²) in [6.07, 6.45) is 35.9. The molecule has 0 fully saturated rings. The number of phosphoric ester groups is 1. The van der Waals surface area contributed by atoms with Gasteiger partial charge in [0.15, 0.2) is 0 Å². The zero-order valence-corrected chi connectivity index (χ0v) is 33.3. The summed E-state index contributed by atoms with van der Waals surface area (Å²) >= 11 is 0. The molecule has 0 aliphatic carbocycles. The van der Waals surface area contributed by atoms with Gasteiger partial charge in [-0.1, -0.05) is 161 Å². The fraction of sp³-hybridized carbons (Fsp3) is 0.925. The molecule has 0 radical (unpaired) electrons. The largest absolute Gasteiger partial charge is 0.472 e. The quantitative estimate of drug-likeness (QED) is 0.0243. The van der Waals surface area contributed by atoms with E-state index in [2.05, 4.69) is 26.0 Å². The maximum absolute atomic E-state index is 12.6. The second kappa shape index (κ2) is 37.9. The molecule has 0 spiro atoms. The molecule has 3 unspecified atom stereocenters. The molecular formula is C40H79O9P. The average Bonchev–Trinajstić information content (AvgIpc) is 3.10. The van der Waals surface area contributed by atoms with Crippen molar-refractivity contribution in [1.82, 2.24) is 0 Å². The third-order valence-corrected chi connectivity index (χ3v) is 9.90. The van der Waals surface area contributed by atoms with E-state index in [1.54, 1.807) is 0 Å². The summed E-state index contributed by atoms with van der Waals surface area (Å²) in [5.74, 6) is -0.383. The summed E-state index contributed by atoms with van der Waals surface area (Å²) < 4.78 is 33.3. The highest BCUT2D eigenvalue weighted by atomic mass is 31.2. The Labute approximate surface area is 307 Å². The fourth-order valence-corrected chi connectivity index (χ4v) is 6.55. The molecule has 0 saturated heterocycles. The summed E-state index contributed by atoms with van der Waals surface area (Å²) in [4.78, 5) is 22.5. The third kappa shape index (κ3) is 37.0. The maximum Gasteiger partial charge on any atom is 0.472 e. The molecule has 0 aromatic carbocycles. The van der Waals surface area contributed by atoms with Crippen LogP contribution in [0, 0.1) is 0 Å². The van der Waals surface area contributed by atoms with Gasteiger partial charge in [-0.05, 0) is 38.5 Å². The van der Waals surface area contributed by atoms with Crippen molar-refractivity contribution in [3.63, 3.8) is 0 Å². The number of aliphatic hydroxyl groups is 2. The van der Waals surface area contributed by atoms with Crippen LogP contribution < -0.4 is 0 Å². The number of aliphatic hydroxyl groups excluding tert-OH is 2. The Bertz CT molecular complexity index is 795. The van der Waals surface area contributed by atoms with Gasteiger partial charge in [-0.2, -0.15) is 0 Å². The third-order valence-electron chi connectivity index (χ3n) is 8.95. The first-order valence-electron chi connectivity index (χ1n) is 20.7. The van der Waals surface area contributed by atoms with Crippen molar-refractivity contribution in [2.75, 3.05) is 33.0 Å². The number of carbonyl (C=O) groups is 1. The Kier molecular flexibility index (Phi) is 37.3. The van der Waals surface area contributed by atoms with Crippen LogP contribution in [0.5, 0.6) is 0 Å². The first-order chi connectivity index (χ1) is 24.3. The summed E-state index contributed by atoms with van der Waals surface area (Å²) in [7, 11) is -4.51. The normalized spacial score (nSPS) is 14.3. The van der Waals surface area contributed by atoms with Gasteiger partial charge in [0.05, 0.1) is 26.4 Å². The van der Waals surface area contributed by atoms with E-state index in [9.17, 15) is 19.4 Å². The molecule has 50 heavy (non-hydrogen) atoms. The van der Waals surface area contributed by atoms with Crippen molar-refractivity contribution < 1.29 is 43.0 Å². The van der Waals surface area contributed by atoms with Crippen LogP contribution in [0.1, 0.15) is 194 Å². The molecule has 0 aliphatic rings. The molecule has 0 rings (SSSR count). The Hall–Kier alpha value is -0.800. The summed E-state index contributed by atoms with van der Waals surface area (Å²) in [6, 6.07) is 0. The smallest absolute Gasteiger partial charge is 0.457 e. The second-order valence-corrected chi connectivity index (χ2v) is 15.5. The number of carbonyl (C=O) groups excluding carboxylic acids is 1. The minimum absolute atomic E-state index is 0.0502. The lowest BCUT2D eigenvalue weighted by Crippen LogP contribution is -2.29. The topological polar surface area (TPSA) is 132 Å². The predicted octanol–water partition coefficient (Wildman–Crippen LogP) is 10.9. The molecule has 0 amide bonds. The van der Waals surface area contributed by atoms with Crippen molar-refractivity contribution in [2.24, 2.45) is 0 Å². The van der Waals surface area contributed by atoms with Crippen LogP contribution in [-0.2, 0) is 27.9 Å². The Morgan fingerprint density at radius 2 is 1.02 bits per heavy atom. The van der Waals surface area contributed by atoms with Crippen molar-refractivity contribution in [3.8, 4) is 0 Å². The molecule has 0 saturated carbocycles. The van der Waals surface area contributed by atoms with Gasteiger partial charge >= 0.3 is 13.8 Å². The summed E-state index contributed by atoms with van der Waals surface area (Å²) in [6.45, 7) is 3.52. The molecule has 0 aromatic rings. The van der Waals surface area contributed by atoms with E-state index in [1.165, 1.54) is 128 Å². The number of phosphoric acid groups is 1. The summed E-state index contributed by atoms with van der Waals surface area (Å²) in [5, 5.41) is 18.3. The minimum Gasteiger partial charge on any atom is -0.457 e. The van der Waals surface area contributed by atoms with Crippen LogP contribution >= 0.6 is 7.82 Å². The number of esters is 1. The Morgan fingerprint density at radius 1 is 0.600 bits per heavy atom. The van der Waals surface area contributed by atoms with Gasteiger partial charge in [-0.25, -0.2) is 4.57 Å². The molecule has 10 heteroatoms. The number of rotatable bonds is 40. The van der Waals surface area contributed by atoms with E-state index < -0.39 is 33.2 Å². The SMILES string of the molecule is CCCCCCCCC/C=C\CCCCCCCCOCC(COP(=O)(O)OCC(O)CO)OC(=O)CCCCCCCCCCCCCC. The van der Waals surface area contributed by atoms with Gasteiger partial charge in [0.2, 0.25) is 0 Å². The molecule has 0 aliphatic heterocycles. The monoisotopic (exact) mass is 735 g/mol. The molecule has 0 aromatic heterocycles. The van der Waals surface area contributed by atoms with Crippen molar-refractivity contribution >= 4 is 13.8 Å². The van der Waals surface area contributed by atoms with Gasteiger partial charge in [0.1, 0.15) is 12.2 Å². The van der Waals surface area contributed by atoms with E-state index in [1.807, 2.05) is 0 Å². The molecular weight excluding hydrogens is 655 g/mol. The average molecular weight is 735 g/mol. The van der Waals surface area contributed by atoms with Crippen LogP contribution in [0.15, 0.2) is 12.2 Å². The Balaban J connectivity index is 4.16. The molecule has 298 valence electrons. The first-order valence-corrected chi connectivity index (χ1v) is 22.2. The van der Waals surface area contributed by atoms with Crippen LogP contribution in [0.3, 0.4) is 0 Å². The van der Waals surface area contributed by atoms with Crippen LogP contribution in [-0.4, -0.2) is 66.3 Å². The van der Waals surface area contributed by atoms with Crippen LogP contribution in [0.4, 0.5) is 0 Å². The van der Waals surface area contributed by atoms with Crippen molar-refractivity contribution in [1.29, 1.82) is 0 Å². The highest BCUT2D eigenvalue weighted by Crippen LogP contribution is 2.43. The molecule has 0 heterocycles. The van der Waals surface area contributed by atoms with E-state index >= 15 is 0 Å². The highest BCUT2D eigenvalue weighted by Gasteiger charge is 2.26. The lowest BCUT2D eigenvalue weighted by atomic mass is 10.0. The van der Waals surface area contributed by atoms with Crippen LogP contribution in [0.2, 0.25) is 0 Å². The zero-order chi connectivity index (χ0) is 36.8. The van der Waals surface area contributed by atoms with Crippen molar-refractivity contribution in [2.45, 2.75) is 206 Å². The van der Waals surface area contributed by atoms with E-state index in [-0.39, 0.29) is 25.6 Å². The predicted molar refractivity (Wildman–Crippen MR) is 205 cm³/mol. The van der Waals surface area contributed by atoms with Crippen molar-refractivity contribution in [3.05, 3.63) is 12.2 Å². The standard InChI is InChI=1S/C40H79O9P/c1-3-5-7-9-11-13-15-17-18-19-20-21-23-25-27-29-31-33-46-36-39(37-48-50(44,45)47-35-38(42)34-41)49-40(43)32-30-28-26-24-22-16-14-12-10-8-6-4-2/h18-19,38-39,41-42H,3-17,20-37H2,1-2H3,(H,44,45)/b19-18-. The lowest BCUT2D eigenvalue weighted by molar-refractivity contribution is -0.154. The minimum atomic E-state index is -4.51. The number of hydrogen-bond donors (Lipinski definition) is 3. The number of allylic oxidation sites excluding steroid dienone is 2. The van der Waals surface area contributed by atoms with Gasteiger partial charge in [-0.3, -0.25) is 13.8 Å². The second-order valence-electron chi connectivity index (χ2n) is 14.0. The first kappa shape index (κ1) is 49.2. The number of unbranched alkanes of at least 4 members (excludes halogenated alkanes) is 24. The van der Waals surface area contributed by atoms with Gasteiger partial charge in [0, 0.05) is 13.0 Å². The number of ether oxygens (including phenoxy) is 2. The highest BCUT2D eigenvalue weighted by molar-refractivity contribution is 7.47. The van der Waals surface area contributed by atoms with Gasteiger partial charge in [0.25, 0.3) is 0 Å². The fourth-order valence-electron chi connectivity index (χ4n) is 5.76. The lowest BCUT2D eigenvalue weighted by Gasteiger charge is -2.20. The van der Waals surface area contributed by atoms with E-state index in [0.29, 0.717) is 6.61 Å². The Morgan fingerprint density at radius 3 is 1.50 bits per heavy atom. The number of hydrogen-bond acceptors (Lipinski definition) is 8. The summed E-state index contributed by atoms with van der Waals surface area (Å²) in [5.41, 5.74) is 0. The molecule has 3 atom stereocenters.